The number of aromatic nitrogens is 5. The van der Waals surface area contributed by atoms with Crippen molar-refractivity contribution in [1.82, 2.24) is 23.9 Å². The highest BCUT2D eigenvalue weighted by Crippen LogP contribution is 2.39. The molecule has 0 unspecified atom stereocenters. The molecular weight excluding hydrogens is 739 g/mol. The molecule has 0 spiro atoms. The molecule has 13 rings (SSSR count). The molecule has 13 aromatic rings. The second-order valence-electron chi connectivity index (χ2n) is 15.3. The van der Waals surface area contributed by atoms with E-state index in [1.54, 1.807) is 0 Å². The van der Waals surface area contributed by atoms with Crippen molar-refractivity contribution in [2.45, 2.75) is 0 Å². The van der Waals surface area contributed by atoms with Crippen molar-refractivity contribution in [3.8, 4) is 50.7 Å². The van der Waals surface area contributed by atoms with Gasteiger partial charge in [-0.25, -0.2) is 15.0 Å². The molecule has 0 saturated carbocycles. The molecule has 0 bridgehead atoms. The lowest BCUT2D eigenvalue weighted by Crippen LogP contribution is -1.95. The van der Waals surface area contributed by atoms with Gasteiger partial charge in [0.05, 0.1) is 39.1 Å². The Morgan fingerprint density at radius 3 is 1.52 bits per heavy atom. The minimum atomic E-state index is 0.686. The van der Waals surface area contributed by atoms with Gasteiger partial charge >= 0.3 is 0 Å². The number of imidazole rings is 2. The number of rotatable bonds is 5. The summed E-state index contributed by atoms with van der Waals surface area (Å²) in [6.07, 6.45) is 0. The fourth-order valence-corrected chi connectivity index (χ4v) is 8.87. The summed E-state index contributed by atoms with van der Waals surface area (Å²) in [5, 5.41) is 4.17. The molecule has 60 heavy (non-hydrogen) atoms. The molecule has 7 nitrogen and oxygen atoms in total. The first-order valence-corrected chi connectivity index (χ1v) is 20.0. The zero-order valence-electron chi connectivity index (χ0n) is 32.0. The molecule has 0 amide bonds. The van der Waals surface area contributed by atoms with Gasteiger partial charge in [-0.05, 0) is 102 Å². The van der Waals surface area contributed by atoms with E-state index in [1.165, 1.54) is 0 Å². The first-order chi connectivity index (χ1) is 29.7. The number of furan rings is 2. The Bertz CT molecular complexity index is 3780. The van der Waals surface area contributed by atoms with Gasteiger partial charge < -0.3 is 8.83 Å². The second-order valence-corrected chi connectivity index (χ2v) is 15.3. The van der Waals surface area contributed by atoms with Crippen molar-refractivity contribution < 1.29 is 8.83 Å². The van der Waals surface area contributed by atoms with E-state index in [9.17, 15) is 0 Å². The van der Waals surface area contributed by atoms with Crippen molar-refractivity contribution in [1.29, 1.82) is 0 Å². The lowest BCUT2D eigenvalue weighted by molar-refractivity contribution is 0.668. The first kappa shape index (κ1) is 32.8. The Balaban J connectivity index is 0.933. The lowest BCUT2D eigenvalue weighted by Gasteiger charge is -2.09. The zero-order chi connectivity index (χ0) is 39.3. The van der Waals surface area contributed by atoms with E-state index in [1.807, 2.05) is 48.5 Å². The van der Waals surface area contributed by atoms with Gasteiger partial charge in [-0.3, -0.25) is 8.97 Å². The zero-order valence-corrected chi connectivity index (χ0v) is 32.0. The fraction of sp³-hybridized carbons (Fsp3) is 0. The molecule has 0 saturated heterocycles. The van der Waals surface area contributed by atoms with Gasteiger partial charge in [0.1, 0.15) is 22.3 Å². The minimum Gasteiger partial charge on any atom is -0.456 e. The van der Waals surface area contributed by atoms with E-state index >= 15 is 0 Å². The number of hydrogen-bond acceptors (Lipinski definition) is 5. The van der Waals surface area contributed by atoms with Crippen LogP contribution in [0.4, 0.5) is 0 Å². The molecule has 0 atom stereocenters. The molecule has 0 aliphatic heterocycles. The standard InChI is InChI=1S/C53H31N5O2/c1-3-11-32(12-4-1)43-31-44(55-52(54-43)33-13-5-2-6-14-33)36-21-25-50-40(29-36)38-27-34(19-23-48(38)59-50)35-20-24-49-39(28-35)41-30-37(22-26-51(41)60-49)57-46-17-9-10-18-47(46)58-45-16-8-7-15-42(45)56-53(57)58/h1-31H. The van der Waals surface area contributed by atoms with Crippen molar-refractivity contribution in [3.63, 3.8) is 0 Å². The number of hydrogen-bond donors (Lipinski definition) is 0. The van der Waals surface area contributed by atoms with Crippen LogP contribution in [0.5, 0.6) is 0 Å². The van der Waals surface area contributed by atoms with E-state index in [4.69, 9.17) is 23.8 Å². The summed E-state index contributed by atoms with van der Waals surface area (Å²) in [7, 11) is 0. The van der Waals surface area contributed by atoms with Gasteiger partial charge in [-0.2, -0.15) is 0 Å². The Morgan fingerprint density at radius 1 is 0.350 bits per heavy atom. The molecule has 280 valence electrons. The smallest absolute Gasteiger partial charge is 0.220 e. The van der Waals surface area contributed by atoms with Gasteiger partial charge in [0.15, 0.2) is 5.82 Å². The molecule has 7 heteroatoms. The van der Waals surface area contributed by atoms with Crippen LogP contribution in [0.15, 0.2) is 197 Å². The summed E-state index contributed by atoms with van der Waals surface area (Å²) in [6.45, 7) is 0. The largest absolute Gasteiger partial charge is 0.456 e. The van der Waals surface area contributed by atoms with E-state index in [0.29, 0.717) is 5.82 Å². The predicted octanol–water partition coefficient (Wildman–Crippen LogP) is 13.7. The highest BCUT2D eigenvalue weighted by atomic mass is 16.3. The third kappa shape index (κ3) is 4.99. The number of benzene rings is 8. The van der Waals surface area contributed by atoms with Crippen LogP contribution in [0.3, 0.4) is 0 Å². The van der Waals surface area contributed by atoms with E-state index in [2.05, 4.69) is 148 Å². The van der Waals surface area contributed by atoms with Crippen molar-refractivity contribution in [2.75, 3.05) is 0 Å². The fourth-order valence-electron chi connectivity index (χ4n) is 8.87. The number of fused-ring (bicyclic) bond motifs is 11. The van der Waals surface area contributed by atoms with Crippen LogP contribution in [0.2, 0.25) is 0 Å². The SMILES string of the molecule is c1ccc(-c2cc(-c3ccc4oc5ccc(-c6ccc7oc8ccc(-n9c%10ccccc%10n%10c%11ccccc%11nc9%10)cc8c7c6)cc5c4c3)nc(-c3ccccc3)n2)cc1. The molecule has 0 aliphatic rings. The van der Waals surface area contributed by atoms with E-state index in [0.717, 1.165) is 117 Å². The molecule has 5 aromatic heterocycles. The van der Waals surface area contributed by atoms with Crippen LogP contribution < -0.4 is 0 Å². The lowest BCUT2D eigenvalue weighted by atomic mass is 9.99. The highest BCUT2D eigenvalue weighted by Gasteiger charge is 2.19. The average Bonchev–Trinajstić information content (AvgIpc) is 4.07. The molecule has 0 N–H and O–H groups in total. The Hall–Kier alpha value is -8.29. The van der Waals surface area contributed by atoms with Crippen molar-refractivity contribution in [2.24, 2.45) is 0 Å². The molecule has 8 aromatic carbocycles. The quantitative estimate of drug-likeness (QED) is 0.174. The highest BCUT2D eigenvalue weighted by molar-refractivity contribution is 6.10. The summed E-state index contributed by atoms with van der Waals surface area (Å²) in [5.41, 5.74) is 15.5. The molecular formula is C53H31N5O2. The molecule has 0 radical (unpaired) electrons. The summed E-state index contributed by atoms with van der Waals surface area (Å²) in [6, 6.07) is 64.9. The first-order valence-electron chi connectivity index (χ1n) is 20.0. The van der Waals surface area contributed by atoms with Gasteiger partial charge in [0.25, 0.3) is 0 Å². The topological polar surface area (TPSA) is 74.3 Å². The van der Waals surface area contributed by atoms with Gasteiger partial charge in [-0.1, -0.05) is 97.1 Å². The maximum atomic E-state index is 6.43. The van der Waals surface area contributed by atoms with Crippen LogP contribution >= 0.6 is 0 Å². The van der Waals surface area contributed by atoms with E-state index < -0.39 is 0 Å². The maximum Gasteiger partial charge on any atom is 0.220 e. The second kappa shape index (κ2) is 12.6. The monoisotopic (exact) mass is 769 g/mol. The minimum absolute atomic E-state index is 0.686. The third-order valence-corrected chi connectivity index (χ3v) is 11.7. The number of nitrogens with zero attached hydrogens (tertiary/aromatic N) is 5. The molecule has 0 aliphatic carbocycles. The van der Waals surface area contributed by atoms with Crippen LogP contribution in [0, 0.1) is 0 Å². The molecule has 0 fully saturated rings. The van der Waals surface area contributed by atoms with Crippen LogP contribution in [0.1, 0.15) is 0 Å². The van der Waals surface area contributed by atoms with E-state index in [-0.39, 0.29) is 0 Å². The van der Waals surface area contributed by atoms with Gasteiger partial charge in [0.2, 0.25) is 5.78 Å². The van der Waals surface area contributed by atoms with Gasteiger partial charge in [-0.15, -0.1) is 0 Å². The Labute approximate surface area is 342 Å². The van der Waals surface area contributed by atoms with Crippen molar-refractivity contribution >= 4 is 71.7 Å². The summed E-state index contributed by atoms with van der Waals surface area (Å²) in [5.74, 6) is 1.56. The van der Waals surface area contributed by atoms with Crippen LogP contribution in [0.25, 0.3) is 122 Å². The van der Waals surface area contributed by atoms with Gasteiger partial charge in [0, 0.05) is 38.2 Å². The van der Waals surface area contributed by atoms with Crippen LogP contribution in [-0.2, 0) is 0 Å². The number of para-hydroxylation sites is 4. The normalized spacial score (nSPS) is 12.0. The summed E-state index contributed by atoms with van der Waals surface area (Å²) >= 11 is 0. The summed E-state index contributed by atoms with van der Waals surface area (Å²) in [4.78, 5) is 15.2. The average molecular weight is 770 g/mol. The Kier molecular flexibility index (Phi) is 6.88. The third-order valence-electron chi connectivity index (χ3n) is 11.7. The summed E-state index contributed by atoms with van der Waals surface area (Å²) < 4.78 is 17.3. The maximum absolute atomic E-state index is 6.43. The van der Waals surface area contributed by atoms with Crippen molar-refractivity contribution in [3.05, 3.63) is 188 Å². The van der Waals surface area contributed by atoms with Crippen LogP contribution in [-0.4, -0.2) is 23.9 Å². The Morgan fingerprint density at radius 2 is 0.850 bits per heavy atom. The predicted molar refractivity (Wildman–Crippen MR) is 241 cm³/mol. The molecule has 5 heterocycles.